The minimum atomic E-state index is -0.300. The van der Waals surface area contributed by atoms with Gasteiger partial charge in [-0.25, -0.2) is 4.79 Å². The first-order chi connectivity index (χ1) is 12.7. The summed E-state index contributed by atoms with van der Waals surface area (Å²) in [5.74, 6) is 0.493. The number of benzene rings is 2. The molecule has 1 N–H and O–H groups in total. The molecule has 26 heavy (non-hydrogen) atoms. The second-order valence-electron chi connectivity index (χ2n) is 6.85. The highest BCUT2D eigenvalue weighted by molar-refractivity contribution is 5.96. The van der Waals surface area contributed by atoms with Gasteiger partial charge in [0.2, 0.25) is 0 Å². The molecule has 0 bridgehead atoms. The Balaban J connectivity index is 1.38. The zero-order valence-corrected chi connectivity index (χ0v) is 15.0. The van der Waals surface area contributed by atoms with Gasteiger partial charge in [-0.3, -0.25) is 0 Å². The van der Waals surface area contributed by atoms with Crippen molar-refractivity contribution in [2.24, 2.45) is 0 Å². The van der Waals surface area contributed by atoms with Crippen molar-refractivity contribution in [1.82, 2.24) is 4.98 Å². The lowest BCUT2D eigenvalue weighted by molar-refractivity contribution is 0.0450. The molecule has 134 valence electrons. The van der Waals surface area contributed by atoms with Crippen molar-refractivity contribution in [3.8, 4) is 5.75 Å². The van der Waals surface area contributed by atoms with Crippen LogP contribution >= 0.6 is 0 Å². The summed E-state index contributed by atoms with van der Waals surface area (Å²) >= 11 is 0. The lowest BCUT2D eigenvalue weighted by atomic mass is 9.95. The third kappa shape index (κ3) is 3.45. The SMILES string of the molecule is Cc1cccc(OCCOC(=O)c2ccc3[nH]c4c(c3c2)CCCC4)c1. The predicted octanol–water partition coefficient (Wildman–Crippen LogP) is 4.59. The highest BCUT2D eigenvalue weighted by atomic mass is 16.6. The molecule has 0 atom stereocenters. The van der Waals surface area contributed by atoms with Crippen molar-refractivity contribution < 1.29 is 14.3 Å². The van der Waals surface area contributed by atoms with E-state index in [1.165, 1.54) is 24.1 Å². The molecule has 1 heterocycles. The molecule has 0 saturated carbocycles. The number of nitrogens with one attached hydrogen (secondary N) is 1. The van der Waals surface area contributed by atoms with Gasteiger partial charge in [0.05, 0.1) is 5.56 Å². The number of aryl methyl sites for hydroxylation is 3. The number of esters is 1. The van der Waals surface area contributed by atoms with Gasteiger partial charge in [0.1, 0.15) is 19.0 Å². The van der Waals surface area contributed by atoms with Gasteiger partial charge in [0, 0.05) is 16.6 Å². The Morgan fingerprint density at radius 1 is 1.08 bits per heavy atom. The minimum absolute atomic E-state index is 0.232. The van der Waals surface area contributed by atoms with Crippen LogP contribution in [0.5, 0.6) is 5.75 Å². The highest BCUT2D eigenvalue weighted by Crippen LogP contribution is 2.29. The maximum absolute atomic E-state index is 12.4. The van der Waals surface area contributed by atoms with E-state index in [2.05, 4.69) is 4.98 Å². The lowest BCUT2D eigenvalue weighted by Gasteiger charge is -2.10. The Kier molecular flexibility index (Phi) is 4.65. The highest BCUT2D eigenvalue weighted by Gasteiger charge is 2.17. The Morgan fingerprint density at radius 3 is 2.85 bits per heavy atom. The average Bonchev–Trinajstić information content (AvgIpc) is 3.03. The van der Waals surface area contributed by atoms with E-state index in [4.69, 9.17) is 9.47 Å². The maximum atomic E-state index is 12.4. The smallest absolute Gasteiger partial charge is 0.338 e. The number of ether oxygens (including phenoxy) is 2. The standard InChI is InChI=1S/C22H23NO3/c1-15-5-4-6-17(13-15)25-11-12-26-22(24)16-9-10-21-19(14-16)18-7-2-3-8-20(18)23-21/h4-6,9-10,13-14,23H,2-3,7-8,11-12H2,1H3. The zero-order valence-electron chi connectivity index (χ0n) is 15.0. The summed E-state index contributed by atoms with van der Waals surface area (Å²) in [6, 6.07) is 13.6. The van der Waals surface area contributed by atoms with Crippen LogP contribution in [0.4, 0.5) is 0 Å². The van der Waals surface area contributed by atoms with E-state index in [-0.39, 0.29) is 12.6 Å². The summed E-state index contributed by atoms with van der Waals surface area (Å²) in [4.78, 5) is 15.8. The molecule has 2 aromatic carbocycles. The fourth-order valence-corrected chi connectivity index (χ4v) is 3.62. The van der Waals surface area contributed by atoms with Crippen LogP contribution in [0.1, 0.15) is 40.0 Å². The number of H-pyrrole nitrogens is 1. The number of aromatic nitrogens is 1. The van der Waals surface area contributed by atoms with Gasteiger partial charge < -0.3 is 14.5 Å². The van der Waals surface area contributed by atoms with Crippen LogP contribution in [-0.2, 0) is 17.6 Å². The normalized spacial score (nSPS) is 13.4. The van der Waals surface area contributed by atoms with Gasteiger partial charge in [0.25, 0.3) is 0 Å². The maximum Gasteiger partial charge on any atom is 0.338 e. The molecule has 0 aliphatic heterocycles. The molecule has 0 amide bonds. The molecule has 0 saturated heterocycles. The third-order valence-corrected chi connectivity index (χ3v) is 4.91. The topological polar surface area (TPSA) is 51.3 Å². The number of hydrogen-bond acceptors (Lipinski definition) is 3. The second kappa shape index (κ2) is 7.24. The average molecular weight is 349 g/mol. The van der Waals surface area contributed by atoms with E-state index in [0.717, 1.165) is 35.1 Å². The molecule has 4 nitrogen and oxygen atoms in total. The molecular formula is C22H23NO3. The van der Waals surface area contributed by atoms with Crippen LogP contribution in [0.2, 0.25) is 0 Å². The monoisotopic (exact) mass is 349 g/mol. The number of aromatic amines is 1. The van der Waals surface area contributed by atoms with E-state index < -0.39 is 0 Å². The molecule has 4 heteroatoms. The minimum Gasteiger partial charge on any atom is -0.490 e. The summed E-state index contributed by atoms with van der Waals surface area (Å²) in [6.45, 7) is 2.59. The molecule has 3 aromatic rings. The molecule has 0 spiro atoms. The van der Waals surface area contributed by atoms with Crippen LogP contribution < -0.4 is 4.74 Å². The first kappa shape index (κ1) is 16.7. The predicted molar refractivity (Wildman–Crippen MR) is 102 cm³/mol. The number of hydrogen-bond donors (Lipinski definition) is 1. The zero-order chi connectivity index (χ0) is 17.9. The van der Waals surface area contributed by atoms with Crippen molar-refractivity contribution in [3.63, 3.8) is 0 Å². The Morgan fingerprint density at radius 2 is 1.96 bits per heavy atom. The van der Waals surface area contributed by atoms with Gasteiger partial charge in [-0.05, 0) is 74.1 Å². The molecule has 0 fully saturated rings. The molecule has 0 unspecified atom stereocenters. The molecule has 1 aromatic heterocycles. The van der Waals surface area contributed by atoms with Crippen LogP contribution in [0, 0.1) is 6.92 Å². The quantitative estimate of drug-likeness (QED) is 0.541. The van der Waals surface area contributed by atoms with Crippen molar-refractivity contribution in [1.29, 1.82) is 0 Å². The fraction of sp³-hybridized carbons (Fsp3) is 0.318. The summed E-state index contributed by atoms with van der Waals surface area (Å²) in [7, 11) is 0. The molecule has 1 aliphatic carbocycles. The van der Waals surface area contributed by atoms with E-state index in [1.54, 1.807) is 0 Å². The number of carbonyl (C=O) groups is 1. The first-order valence-electron chi connectivity index (χ1n) is 9.21. The van der Waals surface area contributed by atoms with Gasteiger partial charge in [-0.15, -0.1) is 0 Å². The van der Waals surface area contributed by atoms with Gasteiger partial charge in [0.15, 0.2) is 0 Å². The fourth-order valence-electron chi connectivity index (χ4n) is 3.62. The van der Waals surface area contributed by atoms with Gasteiger partial charge >= 0.3 is 5.97 Å². The largest absolute Gasteiger partial charge is 0.490 e. The summed E-state index contributed by atoms with van der Waals surface area (Å²) in [6.07, 6.45) is 4.62. The van der Waals surface area contributed by atoms with Crippen molar-refractivity contribution in [2.75, 3.05) is 13.2 Å². The van der Waals surface area contributed by atoms with Crippen molar-refractivity contribution in [3.05, 3.63) is 64.8 Å². The summed E-state index contributed by atoms with van der Waals surface area (Å²) < 4.78 is 11.0. The lowest BCUT2D eigenvalue weighted by Crippen LogP contribution is -2.12. The van der Waals surface area contributed by atoms with Gasteiger partial charge in [-0.2, -0.15) is 0 Å². The molecule has 4 rings (SSSR count). The van der Waals surface area contributed by atoms with E-state index in [9.17, 15) is 4.79 Å². The molecule has 1 aliphatic rings. The van der Waals surface area contributed by atoms with Crippen LogP contribution in [0.15, 0.2) is 42.5 Å². The number of fused-ring (bicyclic) bond motifs is 3. The van der Waals surface area contributed by atoms with E-state index >= 15 is 0 Å². The van der Waals surface area contributed by atoms with E-state index in [0.29, 0.717) is 12.2 Å². The summed E-state index contributed by atoms with van der Waals surface area (Å²) in [5.41, 5.74) is 5.53. The number of carbonyl (C=O) groups excluding carboxylic acids is 1. The van der Waals surface area contributed by atoms with Crippen LogP contribution in [0.25, 0.3) is 10.9 Å². The first-order valence-corrected chi connectivity index (χ1v) is 9.21. The third-order valence-electron chi connectivity index (χ3n) is 4.91. The number of rotatable bonds is 5. The van der Waals surface area contributed by atoms with Gasteiger partial charge in [-0.1, -0.05) is 12.1 Å². The van der Waals surface area contributed by atoms with Crippen LogP contribution in [0.3, 0.4) is 0 Å². The molecule has 0 radical (unpaired) electrons. The Bertz CT molecular complexity index is 942. The Labute approximate surface area is 153 Å². The second-order valence-corrected chi connectivity index (χ2v) is 6.85. The van der Waals surface area contributed by atoms with Crippen molar-refractivity contribution in [2.45, 2.75) is 32.6 Å². The van der Waals surface area contributed by atoms with E-state index in [1.807, 2.05) is 49.4 Å². The summed E-state index contributed by atoms with van der Waals surface area (Å²) in [5, 5.41) is 1.16. The Hall–Kier alpha value is -2.75. The van der Waals surface area contributed by atoms with Crippen molar-refractivity contribution >= 4 is 16.9 Å². The molecular weight excluding hydrogens is 326 g/mol. The van der Waals surface area contributed by atoms with Crippen LogP contribution in [-0.4, -0.2) is 24.2 Å².